The summed E-state index contributed by atoms with van der Waals surface area (Å²) in [5.74, 6) is -0.290. The number of hydrogen-bond acceptors (Lipinski definition) is 2. The molecule has 0 fully saturated rings. The summed E-state index contributed by atoms with van der Waals surface area (Å²) in [6.45, 7) is 6.47. The largest absolute Gasteiger partial charge is 0.350 e. The molecule has 0 bridgehead atoms. The molecule has 3 nitrogen and oxygen atoms in total. The minimum atomic E-state index is -0.240. The normalized spacial score (nSPS) is 11.7. The second-order valence-electron chi connectivity index (χ2n) is 5.56. The van der Waals surface area contributed by atoms with Gasteiger partial charge in [-0.1, -0.05) is 18.2 Å². The van der Waals surface area contributed by atoms with Gasteiger partial charge in [-0.3, -0.25) is 9.69 Å². The molecule has 0 spiro atoms. The van der Waals surface area contributed by atoms with E-state index in [0.29, 0.717) is 12.1 Å². The van der Waals surface area contributed by atoms with E-state index in [-0.39, 0.29) is 23.8 Å². The highest BCUT2D eigenvalue weighted by Crippen LogP contribution is 2.08. The van der Waals surface area contributed by atoms with Gasteiger partial charge in [0.15, 0.2) is 0 Å². The molecule has 4 heteroatoms. The first-order valence-corrected chi connectivity index (χ1v) is 6.01. The Morgan fingerprint density at radius 3 is 2.50 bits per heavy atom. The topological polar surface area (TPSA) is 32.3 Å². The van der Waals surface area contributed by atoms with Crippen molar-refractivity contribution in [1.29, 1.82) is 0 Å². The molecule has 1 aromatic carbocycles. The van der Waals surface area contributed by atoms with Gasteiger partial charge in [0.05, 0.1) is 6.54 Å². The van der Waals surface area contributed by atoms with E-state index < -0.39 is 0 Å². The zero-order valence-electron chi connectivity index (χ0n) is 11.5. The molecule has 1 aromatic rings. The van der Waals surface area contributed by atoms with Crippen LogP contribution >= 0.6 is 0 Å². The van der Waals surface area contributed by atoms with Crippen LogP contribution in [0.25, 0.3) is 0 Å². The molecule has 1 N–H and O–H groups in total. The number of hydrogen-bond donors (Lipinski definition) is 1. The zero-order chi connectivity index (χ0) is 13.8. The van der Waals surface area contributed by atoms with Crippen molar-refractivity contribution in [2.75, 3.05) is 13.6 Å². The van der Waals surface area contributed by atoms with Gasteiger partial charge in [-0.15, -0.1) is 0 Å². The van der Waals surface area contributed by atoms with Gasteiger partial charge in [0.2, 0.25) is 5.91 Å². The molecule has 0 aromatic heterocycles. The number of nitrogens with zero attached hydrogens (tertiary/aromatic N) is 1. The standard InChI is InChI=1S/C14H21FN2O/c1-14(2,3)16-13(18)10-17(4)9-11-7-5-6-8-12(11)15/h5-8H,9-10H2,1-4H3,(H,16,18). The number of amides is 1. The number of benzene rings is 1. The van der Waals surface area contributed by atoms with E-state index >= 15 is 0 Å². The van der Waals surface area contributed by atoms with Crippen molar-refractivity contribution in [3.05, 3.63) is 35.6 Å². The number of carbonyl (C=O) groups excluding carboxylic acids is 1. The van der Waals surface area contributed by atoms with Crippen LogP contribution in [0.1, 0.15) is 26.3 Å². The molecular formula is C14H21FN2O. The zero-order valence-corrected chi connectivity index (χ0v) is 11.5. The average Bonchev–Trinajstić information content (AvgIpc) is 2.18. The molecule has 0 radical (unpaired) electrons. The van der Waals surface area contributed by atoms with Crippen LogP contribution in [0.5, 0.6) is 0 Å². The van der Waals surface area contributed by atoms with Crippen LogP contribution in [0.15, 0.2) is 24.3 Å². The van der Waals surface area contributed by atoms with Crippen LogP contribution in [0.4, 0.5) is 4.39 Å². The Morgan fingerprint density at radius 2 is 1.94 bits per heavy atom. The average molecular weight is 252 g/mol. The lowest BCUT2D eigenvalue weighted by Crippen LogP contribution is -2.45. The summed E-state index contributed by atoms with van der Waals surface area (Å²) >= 11 is 0. The van der Waals surface area contributed by atoms with E-state index in [9.17, 15) is 9.18 Å². The Hall–Kier alpha value is -1.42. The molecule has 0 heterocycles. The van der Waals surface area contributed by atoms with Gasteiger partial charge in [0.1, 0.15) is 5.82 Å². The molecule has 0 aliphatic carbocycles. The lowest BCUT2D eigenvalue weighted by molar-refractivity contribution is -0.123. The molecule has 0 unspecified atom stereocenters. The maximum absolute atomic E-state index is 13.4. The van der Waals surface area contributed by atoms with E-state index in [1.54, 1.807) is 30.1 Å². The summed E-state index contributed by atoms with van der Waals surface area (Å²) in [4.78, 5) is 13.5. The maximum Gasteiger partial charge on any atom is 0.234 e. The monoisotopic (exact) mass is 252 g/mol. The minimum Gasteiger partial charge on any atom is -0.350 e. The fourth-order valence-corrected chi connectivity index (χ4v) is 1.68. The highest BCUT2D eigenvalue weighted by atomic mass is 19.1. The number of likely N-dealkylation sites (N-methyl/N-ethyl adjacent to an activating group) is 1. The van der Waals surface area contributed by atoms with Crippen molar-refractivity contribution in [3.8, 4) is 0 Å². The van der Waals surface area contributed by atoms with E-state index in [2.05, 4.69) is 5.32 Å². The number of carbonyl (C=O) groups is 1. The molecule has 0 saturated heterocycles. The third kappa shape index (κ3) is 5.27. The first kappa shape index (κ1) is 14.6. The summed E-state index contributed by atoms with van der Waals surface area (Å²) in [5.41, 5.74) is 0.360. The lowest BCUT2D eigenvalue weighted by atomic mass is 10.1. The third-order valence-corrected chi connectivity index (χ3v) is 2.33. The van der Waals surface area contributed by atoms with Gasteiger partial charge in [-0.25, -0.2) is 4.39 Å². The van der Waals surface area contributed by atoms with Gasteiger partial charge in [-0.05, 0) is 33.9 Å². The quantitative estimate of drug-likeness (QED) is 0.890. The summed E-state index contributed by atoms with van der Waals surface area (Å²) in [5, 5.41) is 2.88. The molecule has 100 valence electrons. The maximum atomic E-state index is 13.4. The second-order valence-corrected chi connectivity index (χ2v) is 5.56. The summed E-state index contributed by atoms with van der Waals surface area (Å²) < 4.78 is 13.4. The first-order chi connectivity index (χ1) is 8.28. The SMILES string of the molecule is CN(CC(=O)NC(C)(C)C)Cc1ccccc1F. The van der Waals surface area contributed by atoms with Crippen LogP contribution in [0, 0.1) is 5.82 Å². The van der Waals surface area contributed by atoms with Crippen molar-refractivity contribution in [2.24, 2.45) is 0 Å². The van der Waals surface area contributed by atoms with Crippen molar-refractivity contribution in [3.63, 3.8) is 0 Å². The van der Waals surface area contributed by atoms with E-state index in [0.717, 1.165) is 0 Å². The predicted octanol–water partition coefficient (Wildman–Crippen LogP) is 2.17. The number of nitrogens with one attached hydrogen (secondary N) is 1. The summed E-state index contributed by atoms with van der Waals surface area (Å²) in [7, 11) is 1.80. The highest BCUT2D eigenvalue weighted by Gasteiger charge is 2.15. The van der Waals surface area contributed by atoms with Gasteiger partial charge in [0.25, 0.3) is 0 Å². The summed E-state index contributed by atoms with van der Waals surface area (Å²) in [6, 6.07) is 6.61. The Morgan fingerprint density at radius 1 is 1.33 bits per heavy atom. The van der Waals surface area contributed by atoms with E-state index in [1.165, 1.54) is 6.07 Å². The molecule has 0 atom stereocenters. The van der Waals surface area contributed by atoms with Crippen molar-refractivity contribution in [1.82, 2.24) is 10.2 Å². The number of rotatable bonds is 4. The molecular weight excluding hydrogens is 231 g/mol. The van der Waals surface area contributed by atoms with Gasteiger partial charge < -0.3 is 5.32 Å². The minimum absolute atomic E-state index is 0.0543. The fraction of sp³-hybridized carbons (Fsp3) is 0.500. The van der Waals surface area contributed by atoms with Crippen LogP contribution in [0.3, 0.4) is 0 Å². The fourth-order valence-electron chi connectivity index (χ4n) is 1.68. The Bertz CT molecular complexity index is 413. The Balaban J connectivity index is 2.50. The Labute approximate surface area is 108 Å². The van der Waals surface area contributed by atoms with Crippen LogP contribution in [-0.2, 0) is 11.3 Å². The number of halogens is 1. The smallest absolute Gasteiger partial charge is 0.234 e. The van der Waals surface area contributed by atoms with Crippen LogP contribution in [-0.4, -0.2) is 29.9 Å². The summed E-state index contributed by atoms with van der Waals surface area (Å²) in [6.07, 6.45) is 0. The van der Waals surface area contributed by atoms with Crippen molar-refractivity contribution in [2.45, 2.75) is 32.9 Å². The molecule has 0 saturated carbocycles. The predicted molar refractivity (Wildman–Crippen MR) is 70.6 cm³/mol. The van der Waals surface area contributed by atoms with E-state index in [1.807, 2.05) is 20.8 Å². The molecule has 1 rings (SSSR count). The first-order valence-electron chi connectivity index (χ1n) is 6.01. The molecule has 0 aliphatic rings. The van der Waals surface area contributed by atoms with Gasteiger partial charge in [0, 0.05) is 17.6 Å². The van der Waals surface area contributed by atoms with E-state index in [4.69, 9.17) is 0 Å². The highest BCUT2D eigenvalue weighted by molar-refractivity contribution is 5.78. The molecule has 0 aliphatic heterocycles. The lowest BCUT2D eigenvalue weighted by Gasteiger charge is -2.23. The third-order valence-electron chi connectivity index (χ3n) is 2.33. The molecule has 1 amide bonds. The molecule has 18 heavy (non-hydrogen) atoms. The van der Waals surface area contributed by atoms with Gasteiger partial charge in [-0.2, -0.15) is 0 Å². The second kappa shape index (κ2) is 5.96. The van der Waals surface area contributed by atoms with Gasteiger partial charge >= 0.3 is 0 Å². The van der Waals surface area contributed by atoms with Crippen molar-refractivity contribution < 1.29 is 9.18 Å². The van der Waals surface area contributed by atoms with Crippen LogP contribution in [0.2, 0.25) is 0 Å². The van der Waals surface area contributed by atoms with Crippen molar-refractivity contribution >= 4 is 5.91 Å². The van der Waals surface area contributed by atoms with Crippen LogP contribution < -0.4 is 5.32 Å². The Kier molecular flexibility index (Phi) is 4.84.